The topological polar surface area (TPSA) is 95.9 Å². The number of esters is 1. The molecule has 0 radical (unpaired) electrons. The predicted octanol–water partition coefficient (Wildman–Crippen LogP) is 23.1. The number of ether oxygens (including phenoxy) is 1. The molecule has 0 saturated carbocycles. The summed E-state index contributed by atoms with van der Waals surface area (Å²) in [6.07, 6.45) is 84.1. The van der Waals surface area contributed by atoms with Crippen LogP contribution >= 0.6 is 0 Å². The van der Waals surface area contributed by atoms with Crippen molar-refractivity contribution in [3.63, 3.8) is 0 Å². The number of allylic oxidation sites excluding steroid dienone is 2. The molecule has 1 amide bonds. The Morgan fingerprint density at radius 1 is 0.346 bits per heavy atom. The fourth-order valence-corrected chi connectivity index (χ4v) is 11.6. The van der Waals surface area contributed by atoms with Gasteiger partial charge in [-0.2, -0.15) is 0 Å². The minimum atomic E-state index is -0.662. The van der Waals surface area contributed by atoms with E-state index >= 15 is 0 Å². The molecule has 0 aliphatic rings. The average Bonchev–Trinajstić information content (AvgIpc) is 3.44. The summed E-state index contributed by atoms with van der Waals surface area (Å²) in [5, 5.41) is 23.4. The van der Waals surface area contributed by atoms with Gasteiger partial charge >= 0.3 is 5.97 Å². The first kappa shape index (κ1) is 76.6. The van der Waals surface area contributed by atoms with Gasteiger partial charge in [0.15, 0.2) is 0 Å². The van der Waals surface area contributed by atoms with E-state index in [9.17, 15) is 19.8 Å². The van der Waals surface area contributed by atoms with Crippen LogP contribution < -0.4 is 5.32 Å². The van der Waals surface area contributed by atoms with Crippen molar-refractivity contribution in [3.8, 4) is 0 Å². The number of unbranched alkanes of at least 4 members (excludes halogenated alkanes) is 55. The molecule has 0 aliphatic heterocycles. The third-order valence-corrected chi connectivity index (χ3v) is 17.1. The molecule has 0 aliphatic carbocycles. The quantitative estimate of drug-likeness (QED) is 0.0320. The van der Waals surface area contributed by atoms with Crippen LogP contribution in [0.15, 0.2) is 12.2 Å². The van der Waals surface area contributed by atoms with Crippen molar-refractivity contribution in [1.29, 1.82) is 0 Å². The SMILES string of the molecule is CCCCC/C=C\CCCCCCCC(=O)OCCCCCCCCCCCCCCCCCCCCCCCCCCCCCCC(=O)NC(CO)C(O)CCCCCCCCCCCCCCCCCCCCCCC. The van der Waals surface area contributed by atoms with Crippen molar-refractivity contribution in [3.05, 3.63) is 12.2 Å². The van der Waals surface area contributed by atoms with Crippen molar-refractivity contribution >= 4 is 11.9 Å². The van der Waals surface area contributed by atoms with Crippen LogP contribution in [0.2, 0.25) is 0 Å². The van der Waals surface area contributed by atoms with Gasteiger partial charge in [-0.15, -0.1) is 0 Å². The number of rotatable bonds is 68. The van der Waals surface area contributed by atoms with Crippen molar-refractivity contribution in [2.24, 2.45) is 0 Å². The molecule has 0 aromatic heterocycles. The summed E-state index contributed by atoms with van der Waals surface area (Å²) in [6.45, 7) is 4.97. The minimum absolute atomic E-state index is 0.00965. The molecule has 6 nitrogen and oxygen atoms in total. The van der Waals surface area contributed by atoms with Crippen molar-refractivity contribution < 1.29 is 24.5 Å². The largest absolute Gasteiger partial charge is 0.466 e. The molecule has 0 saturated heterocycles. The van der Waals surface area contributed by atoms with Crippen LogP contribution in [0.4, 0.5) is 0 Å². The van der Waals surface area contributed by atoms with E-state index in [1.807, 2.05) is 0 Å². The lowest BCUT2D eigenvalue weighted by Crippen LogP contribution is -2.45. The monoisotopic (exact) mass is 1100 g/mol. The van der Waals surface area contributed by atoms with Gasteiger partial charge in [0.25, 0.3) is 0 Å². The third-order valence-electron chi connectivity index (χ3n) is 17.1. The fourth-order valence-electron chi connectivity index (χ4n) is 11.6. The molecule has 0 aromatic carbocycles. The lowest BCUT2D eigenvalue weighted by molar-refractivity contribution is -0.143. The summed E-state index contributed by atoms with van der Waals surface area (Å²) in [4.78, 5) is 24.6. The number of hydrogen-bond acceptors (Lipinski definition) is 5. The first-order valence-corrected chi connectivity index (χ1v) is 35.9. The number of aliphatic hydroxyl groups excluding tert-OH is 2. The van der Waals surface area contributed by atoms with E-state index in [1.54, 1.807) is 0 Å². The van der Waals surface area contributed by atoms with Gasteiger partial charge in [0.05, 0.1) is 25.4 Å². The third kappa shape index (κ3) is 63.8. The first-order chi connectivity index (χ1) is 38.5. The van der Waals surface area contributed by atoms with Crippen LogP contribution in [0.1, 0.15) is 412 Å². The molecule has 0 rings (SSSR count). The molecular formula is C72H141NO5. The molecule has 0 bridgehead atoms. The smallest absolute Gasteiger partial charge is 0.305 e. The molecule has 0 heterocycles. The van der Waals surface area contributed by atoms with Gasteiger partial charge in [-0.25, -0.2) is 0 Å². The summed E-state index contributed by atoms with van der Waals surface area (Å²) in [5.41, 5.74) is 0. The van der Waals surface area contributed by atoms with Gasteiger partial charge in [-0.1, -0.05) is 360 Å². The molecule has 0 aromatic rings. The van der Waals surface area contributed by atoms with Crippen LogP contribution in [0.3, 0.4) is 0 Å². The van der Waals surface area contributed by atoms with E-state index in [0.29, 0.717) is 25.9 Å². The molecule has 78 heavy (non-hydrogen) atoms. The van der Waals surface area contributed by atoms with Crippen molar-refractivity contribution in [2.45, 2.75) is 424 Å². The second-order valence-electron chi connectivity index (χ2n) is 24.9. The molecule has 2 unspecified atom stereocenters. The van der Waals surface area contributed by atoms with Crippen molar-refractivity contribution in [1.82, 2.24) is 5.32 Å². The second kappa shape index (κ2) is 68.1. The first-order valence-electron chi connectivity index (χ1n) is 35.9. The molecule has 2 atom stereocenters. The zero-order valence-electron chi connectivity index (χ0n) is 53.2. The maximum absolute atomic E-state index is 12.5. The zero-order valence-corrected chi connectivity index (χ0v) is 53.2. The number of amides is 1. The number of hydrogen-bond donors (Lipinski definition) is 3. The number of aliphatic hydroxyl groups is 2. The van der Waals surface area contributed by atoms with Gasteiger partial charge in [0.1, 0.15) is 0 Å². The Morgan fingerprint density at radius 2 is 0.603 bits per heavy atom. The van der Waals surface area contributed by atoms with E-state index in [2.05, 4.69) is 31.3 Å². The number of nitrogens with one attached hydrogen (secondary N) is 1. The van der Waals surface area contributed by atoms with Gasteiger partial charge in [0.2, 0.25) is 5.91 Å². The Balaban J connectivity index is 3.35. The highest BCUT2D eigenvalue weighted by molar-refractivity contribution is 5.76. The van der Waals surface area contributed by atoms with E-state index in [0.717, 1.165) is 44.9 Å². The van der Waals surface area contributed by atoms with E-state index < -0.39 is 12.1 Å². The predicted molar refractivity (Wildman–Crippen MR) is 343 cm³/mol. The lowest BCUT2D eigenvalue weighted by Gasteiger charge is -2.22. The fraction of sp³-hybridized carbons (Fsp3) is 0.944. The molecule has 0 fully saturated rings. The Hall–Kier alpha value is -1.40. The molecule has 464 valence electrons. The van der Waals surface area contributed by atoms with E-state index in [1.165, 1.54) is 334 Å². The number of carbonyl (C=O) groups is 2. The lowest BCUT2D eigenvalue weighted by atomic mass is 10.0. The van der Waals surface area contributed by atoms with Gasteiger partial charge in [0, 0.05) is 12.8 Å². The van der Waals surface area contributed by atoms with Crippen LogP contribution in [0.25, 0.3) is 0 Å². The highest BCUT2D eigenvalue weighted by Crippen LogP contribution is 2.20. The Bertz CT molecular complexity index is 1180. The van der Waals surface area contributed by atoms with Gasteiger partial charge in [-0.05, 0) is 51.4 Å². The highest BCUT2D eigenvalue weighted by atomic mass is 16.5. The second-order valence-corrected chi connectivity index (χ2v) is 24.9. The van der Waals surface area contributed by atoms with Gasteiger partial charge in [-0.3, -0.25) is 9.59 Å². The van der Waals surface area contributed by atoms with Gasteiger partial charge < -0.3 is 20.3 Å². The normalized spacial score (nSPS) is 12.5. The summed E-state index contributed by atoms with van der Waals surface area (Å²) in [7, 11) is 0. The Kier molecular flexibility index (Phi) is 66.9. The average molecular weight is 1100 g/mol. The zero-order chi connectivity index (χ0) is 56.4. The van der Waals surface area contributed by atoms with Crippen LogP contribution in [-0.2, 0) is 14.3 Å². The van der Waals surface area contributed by atoms with Crippen LogP contribution in [0, 0.1) is 0 Å². The highest BCUT2D eigenvalue weighted by Gasteiger charge is 2.20. The Labute approximate surface area is 489 Å². The summed E-state index contributed by atoms with van der Waals surface area (Å²) in [6, 6.07) is -0.539. The Morgan fingerprint density at radius 3 is 0.936 bits per heavy atom. The van der Waals surface area contributed by atoms with Crippen LogP contribution in [0.5, 0.6) is 0 Å². The van der Waals surface area contributed by atoms with E-state index in [-0.39, 0.29) is 18.5 Å². The van der Waals surface area contributed by atoms with E-state index in [4.69, 9.17) is 4.74 Å². The molecule has 3 N–H and O–H groups in total. The minimum Gasteiger partial charge on any atom is -0.466 e. The maximum Gasteiger partial charge on any atom is 0.305 e. The molecule has 0 spiro atoms. The van der Waals surface area contributed by atoms with Crippen LogP contribution in [-0.4, -0.2) is 47.4 Å². The summed E-state index contributed by atoms with van der Waals surface area (Å²) >= 11 is 0. The summed E-state index contributed by atoms with van der Waals surface area (Å²) < 4.78 is 5.48. The molecule has 6 heteroatoms. The molecular weight excluding hydrogens is 959 g/mol. The maximum atomic E-state index is 12.5. The standard InChI is InChI=1S/C72H141NO5/c1-3-5-7-9-11-13-15-17-18-19-20-29-32-35-38-41-44-48-52-56-60-64-70(75)69(68-74)73-71(76)65-61-57-53-49-45-42-39-36-33-30-27-25-23-21-22-24-26-28-31-34-37-40-43-47-51-55-59-63-67-78-72(77)66-62-58-54-50-46-16-14-12-10-8-6-4-2/h12,14,69-70,74-75H,3-11,13,15-68H2,1-2H3,(H,73,76)/b14-12-. The summed E-state index contributed by atoms with van der Waals surface area (Å²) in [5.74, 6) is -0.0171. The number of carbonyl (C=O) groups excluding carboxylic acids is 2. The van der Waals surface area contributed by atoms with Crippen molar-refractivity contribution in [2.75, 3.05) is 13.2 Å².